The summed E-state index contributed by atoms with van der Waals surface area (Å²) in [5.41, 5.74) is 12.9. The molecular formula is C17H20N6O2S. The summed E-state index contributed by atoms with van der Waals surface area (Å²) in [6.45, 7) is 2.04. The molecule has 2 heterocycles. The van der Waals surface area contributed by atoms with Crippen molar-refractivity contribution < 1.29 is 9.53 Å². The molecule has 0 unspecified atom stereocenters. The number of carbonyl (C=O) groups excluding carboxylic acids is 1. The van der Waals surface area contributed by atoms with Crippen molar-refractivity contribution in [2.75, 3.05) is 23.9 Å². The molecule has 3 rings (SSSR count). The molecule has 1 aromatic heterocycles. The quantitative estimate of drug-likeness (QED) is 0.748. The molecule has 1 aromatic carbocycles. The number of aliphatic imine (C=N–C) groups is 1. The first-order valence-corrected chi connectivity index (χ1v) is 8.96. The molecule has 0 fully saturated rings. The summed E-state index contributed by atoms with van der Waals surface area (Å²) in [7, 11) is 1.45. The van der Waals surface area contributed by atoms with Gasteiger partial charge in [0.25, 0.3) is 5.91 Å². The molecule has 136 valence electrons. The molecule has 8 nitrogen and oxygen atoms in total. The summed E-state index contributed by atoms with van der Waals surface area (Å²) in [5, 5.41) is 3.38. The second-order valence-electron chi connectivity index (χ2n) is 6.00. The molecule has 0 aliphatic carbocycles. The van der Waals surface area contributed by atoms with Crippen molar-refractivity contribution in [2.45, 2.75) is 18.9 Å². The maximum Gasteiger partial charge on any atom is 0.278 e. The van der Waals surface area contributed by atoms with E-state index < -0.39 is 11.4 Å². The largest absolute Gasteiger partial charge is 0.480 e. The smallest absolute Gasteiger partial charge is 0.278 e. The number of nitrogens with one attached hydrogen (secondary N) is 1. The first kappa shape index (κ1) is 18.0. The van der Waals surface area contributed by atoms with Gasteiger partial charge in [0.1, 0.15) is 0 Å². The molecule has 0 spiro atoms. The summed E-state index contributed by atoms with van der Waals surface area (Å²) in [4.78, 5) is 25.0. The van der Waals surface area contributed by atoms with E-state index in [1.54, 1.807) is 17.8 Å². The molecule has 2 aromatic rings. The van der Waals surface area contributed by atoms with Gasteiger partial charge in [-0.05, 0) is 31.0 Å². The van der Waals surface area contributed by atoms with Gasteiger partial charge in [0.2, 0.25) is 5.88 Å². The number of anilines is 2. The number of amidine groups is 1. The summed E-state index contributed by atoms with van der Waals surface area (Å²) in [6, 6.07) is 7.52. The first-order valence-electron chi connectivity index (χ1n) is 7.98. The van der Waals surface area contributed by atoms with E-state index in [2.05, 4.69) is 20.3 Å². The molecule has 0 radical (unpaired) electrons. The minimum absolute atomic E-state index is 0.00615. The van der Waals surface area contributed by atoms with E-state index in [0.29, 0.717) is 10.9 Å². The van der Waals surface area contributed by atoms with Gasteiger partial charge >= 0.3 is 0 Å². The molecule has 0 saturated heterocycles. The van der Waals surface area contributed by atoms with Crippen LogP contribution in [0.15, 0.2) is 35.5 Å². The molecule has 1 amide bonds. The Morgan fingerprint density at radius 2 is 2.19 bits per heavy atom. The average molecular weight is 372 g/mol. The maximum absolute atomic E-state index is 12.5. The van der Waals surface area contributed by atoms with Gasteiger partial charge in [-0.25, -0.2) is 4.98 Å². The fourth-order valence-electron chi connectivity index (χ4n) is 2.68. The number of hydrogen-bond acceptors (Lipinski definition) is 8. The van der Waals surface area contributed by atoms with Crippen LogP contribution in [0.4, 0.5) is 11.5 Å². The van der Waals surface area contributed by atoms with Crippen LogP contribution in [0, 0.1) is 0 Å². The second-order valence-corrected chi connectivity index (χ2v) is 7.12. The molecular weight excluding hydrogens is 352 g/mol. The number of hydrogen-bond donors (Lipinski definition) is 3. The minimum atomic E-state index is -0.442. The number of aromatic nitrogens is 2. The lowest BCUT2D eigenvalue weighted by atomic mass is 9.89. The summed E-state index contributed by atoms with van der Waals surface area (Å²) >= 11 is 1.55. The number of carbonyl (C=O) groups is 1. The zero-order valence-corrected chi connectivity index (χ0v) is 15.3. The number of rotatable bonds is 4. The number of nitrogens with two attached hydrogens (primary N) is 2. The van der Waals surface area contributed by atoms with E-state index in [0.717, 1.165) is 17.7 Å². The lowest BCUT2D eigenvalue weighted by Crippen LogP contribution is -2.28. The van der Waals surface area contributed by atoms with Gasteiger partial charge < -0.3 is 21.5 Å². The van der Waals surface area contributed by atoms with Gasteiger partial charge in [0, 0.05) is 11.4 Å². The van der Waals surface area contributed by atoms with Gasteiger partial charge in [0.05, 0.1) is 18.8 Å². The fraction of sp³-hybridized carbons (Fsp3) is 0.294. The van der Waals surface area contributed by atoms with Crippen LogP contribution in [-0.2, 0) is 5.54 Å². The third kappa shape index (κ3) is 3.72. The molecule has 1 atom stereocenters. The summed E-state index contributed by atoms with van der Waals surface area (Å²) < 4.78 is 4.94. The van der Waals surface area contributed by atoms with Crippen molar-refractivity contribution in [1.82, 2.24) is 9.97 Å². The molecule has 26 heavy (non-hydrogen) atoms. The third-order valence-corrected chi connectivity index (χ3v) is 4.93. The van der Waals surface area contributed by atoms with Crippen LogP contribution in [0.25, 0.3) is 0 Å². The monoisotopic (exact) mass is 372 g/mol. The van der Waals surface area contributed by atoms with Crippen molar-refractivity contribution in [2.24, 2.45) is 10.7 Å². The van der Waals surface area contributed by atoms with Crippen LogP contribution >= 0.6 is 11.8 Å². The maximum atomic E-state index is 12.5. The molecule has 1 aliphatic heterocycles. The standard InChI is InChI=1S/C17H20N6O2S/c1-17(6-7-26-16(19)23-17)10-4-3-5-11(8-10)21-15(24)13-14(18)22-12(25-2)9-20-13/h3-5,8-9H,6-7H2,1-2H3,(H2,18,22)(H2,19,23)(H,21,24)/t17-/m0/s1. The minimum Gasteiger partial charge on any atom is -0.480 e. The normalized spacial score (nSPS) is 19.5. The van der Waals surface area contributed by atoms with Gasteiger partial charge in [-0.2, -0.15) is 4.98 Å². The Morgan fingerprint density at radius 1 is 1.38 bits per heavy atom. The Balaban J connectivity index is 1.83. The average Bonchev–Trinajstić information content (AvgIpc) is 2.61. The topological polar surface area (TPSA) is 129 Å². The highest BCUT2D eigenvalue weighted by Gasteiger charge is 2.29. The first-order chi connectivity index (χ1) is 12.4. The van der Waals surface area contributed by atoms with Crippen LogP contribution in [-0.4, -0.2) is 33.9 Å². The Kier molecular flexibility index (Phi) is 4.99. The highest BCUT2D eigenvalue weighted by Crippen LogP contribution is 2.35. The fourth-order valence-corrected chi connectivity index (χ4v) is 3.65. The van der Waals surface area contributed by atoms with Crippen molar-refractivity contribution in [3.05, 3.63) is 41.7 Å². The van der Waals surface area contributed by atoms with Crippen molar-refractivity contribution in [1.29, 1.82) is 0 Å². The van der Waals surface area contributed by atoms with Crippen LogP contribution in [0.3, 0.4) is 0 Å². The number of methoxy groups -OCH3 is 1. The zero-order chi connectivity index (χ0) is 18.7. The lowest BCUT2D eigenvalue weighted by molar-refractivity contribution is 0.102. The highest BCUT2D eigenvalue weighted by molar-refractivity contribution is 8.13. The number of benzene rings is 1. The summed E-state index contributed by atoms with van der Waals surface area (Å²) in [5.74, 6) is 0.717. The van der Waals surface area contributed by atoms with Crippen molar-refractivity contribution >= 4 is 34.3 Å². The Morgan fingerprint density at radius 3 is 2.88 bits per heavy atom. The van der Waals surface area contributed by atoms with Gasteiger partial charge in [-0.15, -0.1) is 0 Å². The number of nitrogen functional groups attached to an aromatic ring is 1. The van der Waals surface area contributed by atoms with E-state index >= 15 is 0 Å². The second kappa shape index (κ2) is 7.20. The van der Waals surface area contributed by atoms with Gasteiger partial charge in [-0.3, -0.25) is 9.79 Å². The lowest BCUT2D eigenvalue weighted by Gasteiger charge is -2.30. The molecule has 5 N–H and O–H groups in total. The molecule has 0 bridgehead atoms. The SMILES string of the molecule is COc1cnc(C(=O)Nc2cccc([C@]3(C)CCSC(N)=N3)c2)c(N)n1. The third-order valence-electron chi connectivity index (χ3n) is 4.14. The molecule has 9 heteroatoms. The van der Waals surface area contributed by atoms with E-state index in [4.69, 9.17) is 16.2 Å². The number of nitrogens with zero attached hydrogens (tertiary/aromatic N) is 3. The Bertz CT molecular complexity index is 872. The Labute approximate surface area is 155 Å². The van der Waals surface area contributed by atoms with Crippen LogP contribution < -0.4 is 21.5 Å². The molecule has 1 aliphatic rings. The van der Waals surface area contributed by atoms with Crippen molar-refractivity contribution in [3.63, 3.8) is 0 Å². The van der Waals surface area contributed by atoms with Gasteiger partial charge in [-0.1, -0.05) is 23.9 Å². The van der Waals surface area contributed by atoms with E-state index in [-0.39, 0.29) is 17.4 Å². The highest BCUT2D eigenvalue weighted by atomic mass is 32.2. The summed E-state index contributed by atoms with van der Waals surface area (Å²) in [6.07, 6.45) is 2.21. The zero-order valence-electron chi connectivity index (χ0n) is 14.5. The van der Waals surface area contributed by atoms with Crippen molar-refractivity contribution in [3.8, 4) is 5.88 Å². The number of ether oxygens (including phenoxy) is 1. The van der Waals surface area contributed by atoms with Gasteiger partial charge in [0.15, 0.2) is 16.7 Å². The van der Waals surface area contributed by atoms with Crippen LogP contribution in [0.2, 0.25) is 0 Å². The van der Waals surface area contributed by atoms with E-state index in [1.807, 2.05) is 25.1 Å². The predicted octanol–water partition coefficient (Wildman–Crippen LogP) is 1.99. The number of amides is 1. The van der Waals surface area contributed by atoms with E-state index in [1.165, 1.54) is 13.3 Å². The van der Waals surface area contributed by atoms with Crippen LogP contribution in [0.1, 0.15) is 29.4 Å². The van der Waals surface area contributed by atoms with E-state index in [9.17, 15) is 4.79 Å². The predicted molar refractivity (Wildman–Crippen MR) is 103 cm³/mol. The number of thioether (sulfide) groups is 1. The molecule has 0 saturated carbocycles. The Hall–Kier alpha value is -2.81. The van der Waals surface area contributed by atoms with Crippen LogP contribution in [0.5, 0.6) is 5.88 Å².